The Morgan fingerprint density at radius 3 is 2.29 bits per heavy atom. The highest BCUT2D eigenvalue weighted by atomic mass is 32.1. The minimum absolute atomic E-state index is 0.972. The van der Waals surface area contributed by atoms with Crippen molar-refractivity contribution in [2.24, 2.45) is 0 Å². The van der Waals surface area contributed by atoms with Crippen LogP contribution in [0, 0.1) is 13.8 Å². The first kappa shape index (κ1) is 19.4. The highest BCUT2D eigenvalue weighted by Crippen LogP contribution is 2.41. The van der Waals surface area contributed by atoms with E-state index in [1.165, 1.54) is 43.1 Å². The number of benzene rings is 4. The van der Waals surface area contributed by atoms with Crippen LogP contribution < -0.4 is 0 Å². The van der Waals surface area contributed by atoms with Gasteiger partial charge in [0.2, 0.25) is 0 Å². The molecule has 0 radical (unpaired) electrons. The molecule has 0 N–H and O–H groups in total. The highest BCUT2D eigenvalue weighted by Gasteiger charge is 2.21. The summed E-state index contributed by atoms with van der Waals surface area (Å²) in [7, 11) is 0. The standard InChI is InChI=1S/C30H21N3S/c1-18-8-5-9-19(2)27(18)33-26-17-21-11-4-3-10-20(21)16-25(26)32-29(33)24-13-6-12-22-23-14-7-15-31-30(23)34-28(22)24/h3-17H,1-2H3. The Bertz CT molecular complexity index is 1870. The van der Waals surface area contributed by atoms with E-state index in [0.717, 1.165) is 27.3 Å². The van der Waals surface area contributed by atoms with Gasteiger partial charge in [-0.2, -0.15) is 0 Å². The molecular weight excluding hydrogens is 434 g/mol. The number of imidazole rings is 1. The van der Waals surface area contributed by atoms with Crippen LogP contribution in [0.25, 0.3) is 59.2 Å². The van der Waals surface area contributed by atoms with E-state index in [0.29, 0.717) is 0 Å². The minimum atomic E-state index is 0.972. The zero-order valence-corrected chi connectivity index (χ0v) is 19.7. The molecule has 34 heavy (non-hydrogen) atoms. The first-order valence-electron chi connectivity index (χ1n) is 11.4. The van der Waals surface area contributed by atoms with Crippen LogP contribution >= 0.6 is 11.3 Å². The molecule has 0 unspecified atom stereocenters. The zero-order chi connectivity index (χ0) is 22.8. The number of pyridine rings is 1. The van der Waals surface area contributed by atoms with E-state index in [9.17, 15) is 0 Å². The SMILES string of the molecule is Cc1cccc(C)c1-n1c(-c2cccc3c2sc2ncccc23)nc2cc3ccccc3cc21. The van der Waals surface area contributed by atoms with E-state index in [4.69, 9.17) is 4.98 Å². The van der Waals surface area contributed by atoms with Crippen molar-refractivity contribution in [3.8, 4) is 17.1 Å². The maximum atomic E-state index is 5.26. The number of aryl methyl sites for hydroxylation is 2. The summed E-state index contributed by atoms with van der Waals surface area (Å²) in [6, 6.07) is 30.2. The van der Waals surface area contributed by atoms with Crippen molar-refractivity contribution in [3.63, 3.8) is 0 Å². The van der Waals surface area contributed by atoms with E-state index in [1.54, 1.807) is 11.3 Å². The molecule has 0 bridgehead atoms. The van der Waals surface area contributed by atoms with Gasteiger partial charge in [0.1, 0.15) is 10.7 Å². The second-order valence-electron chi connectivity index (χ2n) is 8.84. The molecule has 4 heteroatoms. The third-order valence-electron chi connectivity index (χ3n) is 6.70. The lowest BCUT2D eigenvalue weighted by Gasteiger charge is -2.16. The Balaban J connectivity index is 1.65. The topological polar surface area (TPSA) is 30.7 Å². The molecule has 0 saturated carbocycles. The van der Waals surface area contributed by atoms with E-state index in [1.807, 2.05) is 12.3 Å². The van der Waals surface area contributed by atoms with Crippen molar-refractivity contribution < 1.29 is 0 Å². The Morgan fingerprint density at radius 1 is 0.735 bits per heavy atom. The molecule has 3 nitrogen and oxygen atoms in total. The van der Waals surface area contributed by atoms with Crippen LogP contribution in [0.1, 0.15) is 11.1 Å². The molecule has 0 fully saturated rings. The normalized spacial score (nSPS) is 11.8. The maximum Gasteiger partial charge on any atom is 0.147 e. The summed E-state index contributed by atoms with van der Waals surface area (Å²) in [4.78, 5) is 11.0. The lowest BCUT2D eigenvalue weighted by molar-refractivity contribution is 1.07. The molecule has 162 valence electrons. The van der Waals surface area contributed by atoms with E-state index in [2.05, 4.69) is 102 Å². The molecule has 0 aliphatic rings. The van der Waals surface area contributed by atoms with Gasteiger partial charge in [-0.3, -0.25) is 4.57 Å². The first-order chi connectivity index (χ1) is 16.7. The fourth-order valence-electron chi connectivity index (χ4n) is 5.14. The van der Waals surface area contributed by atoms with Gasteiger partial charge in [-0.25, -0.2) is 9.97 Å². The smallest absolute Gasteiger partial charge is 0.147 e. The van der Waals surface area contributed by atoms with Crippen LogP contribution in [0.5, 0.6) is 0 Å². The molecule has 0 atom stereocenters. The predicted octanol–water partition coefficient (Wildman–Crippen LogP) is 8.23. The van der Waals surface area contributed by atoms with Crippen LogP contribution in [-0.2, 0) is 0 Å². The minimum Gasteiger partial charge on any atom is -0.292 e. The van der Waals surface area contributed by atoms with Gasteiger partial charge in [-0.1, -0.05) is 54.6 Å². The summed E-state index contributed by atoms with van der Waals surface area (Å²) in [5.74, 6) is 0.972. The summed E-state index contributed by atoms with van der Waals surface area (Å²) in [6.45, 7) is 4.37. The average molecular weight is 456 g/mol. The monoisotopic (exact) mass is 455 g/mol. The van der Waals surface area contributed by atoms with Crippen LogP contribution in [0.4, 0.5) is 0 Å². The van der Waals surface area contributed by atoms with Crippen LogP contribution in [0.15, 0.2) is 91.1 Å². The Labute approximate surface area is 201 Å². The van der Waals surface area contributed by atoms with E-state index in [-0.39, 0.29) is 0 Å². The van der Waals surface area contributed by atoms with Crippen molar-refractivity contribution in [1.29, 1.82) is 0 Å². The molecule has 3 aromatic heterocycles. The van der Waals surface area contributed by atoms with Gasteiger partial charge < -0.3 is 0 Å². The molecule has 7 aromatic rings. The molecule has 0 saturated heterocycles. The summed E-state index contributed by atoms with van der Waals surface area (Å²) in [6.07, 6.45) is 1.87. The number of aromatic nitrogens is 3. The van der Waals surface area contributed by atoms with Gasteiger partial charge in [-0.05, 0) is 66.1 Å². The third kappa shape index (κ3) is 2.76. The van der Waals surface area contributed by atoms with Gasteiger partial charge in [0, 0.05) is 27.2 Å². The Morgan fingerprint density at radius 2 is 1.47 bits per heavy atom. The average Bonchev–Trinajstić information content (AvgIpc) is 3.41. The molecule has 7 rings (SSSR count). The summed E-state index contributed by atoms with van der Waals surface area (Å²) in [5, 5.41) is 4.86. The zero-order valence-electron chi connectivity index (χ0n) is 18.9. The fourth-order valence-corrected chi connectivity index (χ4v) is 6.29. The Hall–Kier alpha value is -4.02. The number of thiophene rings is 1. The van der Waals surface area contributed by atoms with Crippen molar-refractivity contribution >= 4 is 53.4 Å². The molecular formula is C30H21N3S. The van der Waals surface area contributed by atoms with Crippen molar-refractivity contribution in [2.45, 2.75) is 13.8 Å². The van der Waals surface area contributed by atoms with Gasteiger partial charge in [0.05, 0.1) is 16.7 Å². The summed E-state index contributed by atoms with van der Waals surface area (Å²) >= 11 is 1.74. The lowest BCUT2D eigenvalue weighted by atomic mass is 10.1. The van der Waals surface area contributed by atoms with Crippen LogP contribution in [0.3, 0.4) is 0 Å². The largest absolute Gasteiger partial charge is 0.292 e. The second-order valence-corrected chi connectivity index (χ2v) is 9.84. The quantitative estimate of drug-likeness (QED) is 0.263. The van der Waals surface area contributed by atoms with Gasteiger partial charge >= 0.3 is 0 Å². The lowest BCUT2D eigenvalue weighted by Crippen LogP contribution is -2.02. The highest BCUT2D eigenvalue weighted by molar-refractivity contribution is 7.26. The number of hydrogen-bond donors (Lipinski definition) is 0. The number of nitrogens with zero attached hydrogens (tertiary/aromatic N) is 3. The second kappa shape index (κ2) is 7.24. The van der Waals surface area contributed by atoms with Crippen LogP contribution in [0.2, 0.25) is 0 Å². The molecule has 0 aliphatic heterocycles. The van der Waals surface area contributed by atoms with Gasteiger partial charge in [0.15, 0.2) is 0 Å². The summed E-state index contributed by atoms with van der Waals surface area (Å²) in [5.41, 5.74) is 6.95. The van der Waals surface area contributed by atoms with Gasteiger partial charge in [-0.15, -0.1) is 11.3 Å². The number of fused-ring (bicyclic) bond motifs is 5. The van der Waals surface area contributed by atoms with Crippen molar-refractivity contribution in [2.75, 3.05) is 0 Å². The fraction of sp³-hybridized carbons (Fsp3) is 0.0667. The number of para-hydroxylation sites is 1. The summed E-state index contributed by atoms with van der Waals surface area (Å²) < 4.78 is 3.59. The molecule has 4 aromatic carbocycles. The molecule has 0 aliphatic carbocycles. The third-order valence-corrected chi connectivity index (χ3v) is 7.86. The predicted molar refractivity (Wildman–Crippen MR) is 144 cm³/mol. The maximum absolute atomic E-state index is 5.26. The molecule has 0 amide bonds. The first-order valence-corrected chi connectivity index (χ1v) is 12.3. The Kier molecular flexibility index (Phi) is 4.14. The van der Waals surface area contributed by atoms with E-state index >= 15 is 0 Å². The number of rotatable bonds is 2. The molecule has 0 spiro atoms. The number of hydrogen-bond acceptors (Lipinski definition) is 3. The van der Waals surface area contributed by atoms with Crippen molar-refractivity contribution in [3.05, 3.63) is 102 Å². The van der Waals surface area contributed by atoms with Gasteiger partial charge in [0.25, 0.3) is 0 Å². The van der Waals surface area contributed by atoms with E-state index < -0.39 is 0 Å². The van der Waals surface area contributed by atoms with Crippen LogP contribution in [-0.4, -0.2) is 14.5 Å². The molecule has 3 heterocycles. The van der Waals surface area contributed by atoms with Crippen molar-refractivity contribution in [1.82, 2.24) is 14.5 Å².